The van der Waals surface area contributed by atoms with Crippen molar-refractivity contribution >= 4 is 17.6 Å². The summed E-state index contributed by atoms with van der Waals surface area (Å²) in [6.45, 7) is 3.92. The van der Waals surface area contributed by atoms with Gasteiger partial charge in [-0.1, -0.05) is 0 Å². The van der Waals surface area contributed by atoms with E-state index in [-0.39, 0.29) is 24.2 Å². The summed E-state index contributed by atoms with van der Waals surface area (Å²) in [5, 5.41) is 14.8. The molecule has 0 aliphatic carbocycles. The van der Waals surface area contributed by atoms with Gasteiger partial charge in [0.1, 0.15) is 11.9 Å². The zero-order valence-electron chi connectivity index (χ0n) is 12.5. The van der Waals surface area contributed by atoms with E-state index in [1.165, 1.54) is 0 Å². The molecule has 7 nitrogen and oxygen atoms in total. The van der Waals surface area contributed by atoms with Crippen molar-refractivity contribution in [1.29, 1.82) is 5.26 Å². The first-order valence-electron chi connectivity index (χ1n) is 7.30. The van der Waals surface area contributed by atoms with Crippen molar-refractivity contribution in [2.45, 2.75) is 13.3 Å². The number of pyridine rings is 1. The summed E-state index contributed by atoms with van der Waals surface area (Å²) in [6.07, 6.45) is 1.89. The van der Waals surface area contributed by atoms with Gasteiger partial charge in [0.2, 0.25) is 11.8 Å². The first kappa shape index (κ1) is 15.8. The van der Waals surface area contributed by atoms with Crippen LogP contribution in [0.2, 0.25) is 0 Å². The maximum absolute atomic E-state index is 12.0. The lowest BCUT2D eigenvalue weighted by Gasteiger charge is -2.14. The minimum atomic E-state index is -0.267. The van der Waals surface area contributed by atoms with Crippen LogP contribution < -0.4 is 10.6 Å². The average Bonchev–Trinajstić information content (AvgIpc) is 2.92. The normalized spacial score (nSPS) is 17.2. The van der Waals surface area contributed by atoms with Crippen molar-refractivity contribution in [3.63, 3.8) is 0 Å². The zero-order valence-corrected chi connectivity index (χ0v) is 12.5. The number of hydrogen-bond donors (Lipinski definition) is 2. The van der Waals surface area contributed by atoms with Crippen LogP contribution in [0.4, 0.5) is 5.82 Å². The Hall–Kier alpha value is -2.62. The minimum Gasteiger partial charge on any atom is -0.367 e. The molecule has 1 aliphatic heterocycles. The van der Waals surface area contributed by atoms with Gasteiger partial charge in [-0.15, -0.1) is 0 Å². The molecule has 0 unspecified atom stereocenters. The van der Waals surface area contributed by atoms with Crippen molar-refractivity contribution in [2.75, 3.05) is 31.5 Å². The van der Waals surface area contributed by atoms with Crippen LogP contribution >= 0.6 is 0 Å². The Kier molecular flexibility index (Phi) is 5.31. The first-order chi connectivity index (χ1) is 10.7. The van der Waals surface area contributed by atoms with Crippen LogP contribution in [0.15, 0.2) is 18.3 Å². The van der Waals surface area contributed by atoms with Crippen LogP contribution in [0, 0.1) is 17.2 Å². The molecule has 116 valence electrons. The molecule has 2 heterocycles. The number of carbonyl (C=O) groups is 2. The van der Waals surface area contributed by atoms with Crippen molar-refractivity contribution in [3.8, 4) is 6.07 Å². The van der Waals surface area contributed by atoms with E-state index in [0.717, 1.165) is 0 Å². The van der Waals surface area contributed by atoms with Gasteiger partial charge in [-0.2, -0.15) is 5.26 Å². The molecular formula is C15H19N5O2. The monoisotopic (exact) mass is 301 g/mol. The first-order valence-corrected chi connectivity index (χ1v) is 7.30. The number of rotatable bonds is 6. The van der Waals surface area contributed by atoms with Crippen LogP contribution in [-0.2, 0) is 9.59 Å². The Morgan fingerprint density at radius 3 is 3.05 bits per heavy atom. The zero-order chi connectivity index (χ0) is 15.9. The topological polar surface area (TPSA) is 98.1 Å². The third-order valence-corrected chi connectivity index (χ3v) is 3.61. The number of likely N-dealkylation sites (tertiary alicyclic amines) is 1. The second-order valence-corrected chi connectivity index (χ2v) is 5.06. The number of nitrogens with one attached hydrogen (secondary N) is 2. The molecule has 22 heavy (non-hydrogen) atoms. The van der Waals surface area contributed by atoms with Crippen LogP contribution in [0.25, 0.3) is 0 Å². The maximum Gasteiger partial charge on any atom is 0.225 e. The van der Waals surface area contributed by atoms with Crippen LogP contribution in [-0.4, -0.2) is 47.9 Å². The number of nitriles is 1. The fourth-order valence-electron chi connectivity index (χ4n) is 2.40. The Morgan fingerprint density at radius 1 is 1.55 bits per heavy atom. The highest BCUT2D eigenvalue weighted by molar-refractivity contribution is 5.89. The molecule has 0 saturated carbocycles. The molecule has 1 saturated heterocycles. The summed E-state index contributed by atoms with van der Waals surface area (Å²) in [6, 6.07) is 5.43. The van der Waals surface area contributed by atoms with E-state index in [1.807, 2.05) is 6.92 Å². The molecule has 2 rings (SSSR count). The molecule has 2 amide bonds. The predicted molar refractivity (Wildman–Crippen MR) is 80.8 cm³/mol. The molecule has 1 aromatic heterocycles. The Balaban J connectivity index is 1.74. The molecule has 1 aliphatic rings. The van der Waals surface area contributed by atoms with Gasteiger partial charge in [-0.05, 0) is 19.1 Å². The minimum absolute atomic E-state index is 0.0351. The summed E-state index contributed by atoms with van der Waals surface area (Å²) in [4.78, 5) is 29.4. The van der Waals surface area contributed by atoms with Crippen molar-refractivity contribution < 1.29 is 9.59 Å². The highest BCUT2D eigenvalue weighted by atomic mass is 16.2. The highest BCUT2D eigenvalue weighted by Gasteiger charge is 2.32. The van der Waals surface area contributed by atoms with Gasteiger partial charge in [-0.25, -0.2) is 4.98 Å². The number of anilines is 1. The molecule has 2 N–H and O–H groups in total. The molecule has 7 heteroatoms. The summed E-state index contributed by atoms with van der Waals surface area (Å²) in [5.41, 5.74) is 0.466. The molecule has 0 radical (unpaired) electrons. The number of nitrogens with zero attached hydrogens (tertiary/aromatic N) is 3. The number of carbonyl (C=O) groups excluding carboxylic acids is 2. The fourth-order valence-corrected chi connectivity index (χ4v) is 2.40. The van der Waals surface area contributed by atoms with E-state index < -0.39 is 0 Å². The van der Waals surface area contributed by atoms with E-state index >= 15 is 0 Å². The second-order valence-electron chi connectivity index (χ2n) is 5.06. The summed E-state index contributed by atoms with van der Waals surface area (Å²) in [5.74, 6) is 0.171. The van der Waals surface area contributed by atoms with Crippen molar-refractivity contribution in [1.82, 2.24) is 15.2 Å². The summed E-state index contributed by atoms with van der Waals surface area (Å²) in [7, 11) is 0. The molecule has 1 fully saturated rings. The highest BCUT2D eigenvalue weighted by Crippen LogP contribution is 2.17. The van der Waals surface area contributed by atoms with Crippen LogP contribution in [0.5, 0.6) is 0 Å². The van der Waals surface area contributed by atoms with Gasteiger partial charge >= 0.3 is 0 Å². The van der Waals surface area contributed by atoms with Gasteiger partial charge in [-0.3, -0.25) is 9.59 Å². The summed E-state index contributed by atoms with van der Waals surface area (Å²) < 4.78 is 0. The maximum atomic E-state index is 12.0. The fraction of sp³-hybridized carbons (Fsp3) is 0.467. The third kappa shape index (κ3) is 3.73. The molecular weight excluding hydrogens is 282 g/mol. The lowest BCUT2D eigenvalue weighted by atomic mass is 10.1. The van der Waals surface area contributed by atoms with E-state index in [0.29, 0.717) is 37.6 Å². The largest absolute Gasteiger partial charge is 0.367 e. The van der Waals surface area contributed by atoms with Crippen molar-refractivity contribution in [3.05, 3.63) is 23.9 Å². The van der Waals surface area contributed by atoms with Crippen LogP contribution in [0.1, 0.15) is 18.9 Å². The molecule has 0 bridgehead atoms. The smallest absolute Gasteiger partial charge is 0.225 e. The van der Waals surface area contributed by atoms with Crippen LogP contribution in [0.3, 0.4) is 0 Å². The van der Waals surface area contributed by atoms with E-state index in [9.17, 15) is 9.59 Å². The number of amides is 2. The molecule has 0 spiro atoms. The van der Waals surface area contributed by atoms with Gasteiger partial charge in [0.05, 0.1) is 11.5 Å². The third-order valence-electron chi connectivity index (χ3n) is 3.61. The average molecular weight is 301 g/mol. The lowest BCUT2D eigenvalue weighted by molar-refractivity contribution is -0.128. The van der Waals surface area contributed by atoms with Gasteiger partial charge < -0.3 is 15.5 Å². The van der Waals surface area contributed by atoms with Gasteiger partial charge in [0.15, 0.2) is 0 Å². The molecule has 1 aromatic rings. The lowest BCUT2D eigenvalue weighted by Crippen LogP contribution is -2.35. The molecule has 0 aromatic carbocycles. The number of aromatic nitrogens is 1. The number of hydrogen-bond acceptors (Lipinski definition) is 5. The standard InChI is InChI=1S/C15H19N5O2/c1-2-20-10-12(8-13(20)21)15(22)19-7-6-18-14-11(9-16)4-3-5-17-14/h3-5,12H,2,6-8,10H2,1H3,(H,17,18)(H,19,22)/t12-/m1/s1. The SMILES string of the molecule is CCN1C[C@H](C(=O)NCCNc2ncccc2C#N)CC1=O. The Labute approximate surface area is 129 Å². The Morgan fingerprint density at radius 2 is 2.36 bits per heavy atom. The van der Waals surface area contributed by atoms with E-state index in [1.54, 1.807) is 23.2 Å². The predicted octanol–water partition coefficient (Wildman–Crippen LogP) is 0.350. The Bertz CT molecular complexity index is 596. The van der Waals surface area contributed by atoms with E-state index in [4.69, 9.17) is 5.26 Å². The van der Waals surface area contributed by atoms with Gasteiger partial charge in [0.25, 0.3) is 0 Å². The summed E-state index contributed by atoms with van der Waals surface area (Å²) >= 11 is 0. The van der Waals surface area contributed by atoms with E-state index in [2.05, 4.69) is 21.7 Å². The quantitative estimate of drug-likeness (QED) is 0.739. The van der Waals surface area contributed by atoms with Gasteiger partial charge in [0, 0.05) is 38.8 Å². The van der Waals surface area contributed by atoms with Crippen molar-refractivity contribution in [2.24, 2.45) is 5.92 Å². The second kappa shape index (κ2) is 7.41. The molecule has 1 atom stereocenters.